The highest BCUT2D eigenvalue weighted by Crippen LogP contribution is 2.37. The predicted octanol–water partition coefficient (Wildman–Crippen LogP) is 2.20. The fraction of sp³-hybridized carbons (Fsp3) is 0.381. The van der Waals surface area contributed by atoms with Gasteiger partial charge in [0, 0.05) is 30.3 Å². The maximum Gasteiger partial charge on any atom is 0.222 e. The molecule has 0 radical (unpaired) electrons. The summed E-state index contributed by atoms with van der Waals surface area (Å²) >= 11 is 0. The third-order valence-electron chi connectivity index (χ3n) is 5.86. The van der Waals surface area contributed by atoms with Gasteiger partial charge in [-0.1, -0.05) is 18.2 Å². The van der Waals surface area contributed by atoms with Gasteiger partial charge >= 0.3 is 0 Å². The number of hydrogen-bond acceptors (Lipinski definition) is 6. The zero-order chi connectivity index (χ0) is 19.1. The molecule has 2 aliphatic rings. The van der Waals surface area contributed by atoms with Crippen LogP contribution in [0.1, 0.15) is 24.1 Å². The van der Waals surface area contributed by atoms with Crippen molar-refractivity contribution >= 4 is 11.8 Å². The molecule has 1 atom stereocenters. The van der Waals surface area contributed by atoms with Crippen LogP contribution in [0, 0.1) is 0 Å². The maximum absolute atomic E-state index is 6.15. The van der Waals surface area contributed by atoms with E-state index in [0.717, 1.165) is 61.5 Å². The first-order chi connectivity index (χ1) is 13.7. The Hall–Kier alpha value is -2.93. The van der Waals surface area contributed by atoms with Crippen LogP contribution in [-0.2, 0) is 12.8 Å². The van der Waals surface area contributed by atoms with Crippen LogP contribution in [0.2, 0.25) is 0 Å². The molecule has 0 saturated carbocycles. The minimum Gasteiger partial charge on any atom is -0.368 e. The van der Waals surface area contributed by atoms with Gasteiger partial charge in [0.1, 0.15) is 5.82 Å². The largest absolute Gasteiger partial charge is 0.368 e. The standard InChI is InChI=1S/C21H25N7/c1-23-14-10-11-27(13-14)20-16-8-5-9-18-17(19(16)25-21(22)26-20)12-24-28(18)15-6-3-2-4-7-15/h2-4,6-7,12,14,23H,5,8-11,13H2,1H3,(H2,22,25,26)/t14-/m1/s1. The molecule has 7 heteroatoms. The lowest BCUT2D eigenvalue weighted by molar-refractivity contribution is 0.616. The Morgan fingerprint density at radius 3 is 2.79 bits per heavy atom. The molecule has 5 rings (SSSR count). The summed E-state index contributed by atoms with van der Waals surface area (Å²) in [4.78, 5) is 11.7. The lowest BCUT2D eigenvalue weighted by Gasteiger charge is -2.22. The second-order valence-corrected chi connectivity index (χ2v) is 7.56. The number of nitrogens with zero attached hydrogens (tertiary/aromatic N) is 5. The Morgan fingerprint density at radius 1 is 1.14 bits per heavy atom. The summed E-state index contributed by atoms with van der Waals surface area (Å²) in [7, 11) is 2.02. The fourth-order valence-electron chi connectivity index (χ4n) is 4.43. The number of likely N-dealkylation sites (N-methyl/N-ethyl adjacent to an activating group) is 1. The molecule has 1 fully saturated rings. The van der Waals surface area contributed by atoms with Gasteiger partial charge in [-0.3, -0.25) is 0 Å². The van der Waals surface area contributed by atoms with Gasteiger partial charge in [-0.2, -0.15) is 10.1 Å². The van der Waals surface area contributed by atoms with E-state index in [4.69, 9.17) is 5.73 Å². The monoisotopic (exact) mass is 375 g/mol. The van der Waals surface area contributed by atoms with Crippen LogP contribution < -0.4 is 16.0 Å². The fourth-order valence-corrected chi connectivity index (χ4v) is 4.43. The van der Waals surface area contributed by atoms with Crippen LogP contribution in [0.3, 0.4) is 0 Å². The second-order valence-electron chi connectivity index (χ2n) is 7.56. The zero-order valence-corrected chi connectivity index (χ0v) is 16.1. The first-order valence-corrected chi connectivity index (χ1v) is 9.96. The molecule has 0 unspecified atom stereocenters. The van der Waals surface area contributed by atoms with E-state index in [1.54, 1.807) is 0 Å². The lowest BCUT2D eigenvalue weighted by atomic mass is 10.1. The number of hydrogen-bond donors (Lipinski definition) is 2. The van der Waals surface area contributed by atoms with E-state index in [2.05, 4.69) is 37.4 Å². The van der Waals surface area contributed by atoms with Gasteiger partial charge in [0.05, 0.1) is 23.3 Å². The summed E-state index contributed by atoms with van der Waals surface area (Å²) in [5.41, 5.74) is 11.7. The molecule has 1 aliphatic carbocycles. The van der Waals surface area contributed by atoms with Gasteiger partial charge in [0.25, 0.3) is 0 Å². The highest BCUT2D eigenvalue weighted by molar-refractivity contribution is 5.73. The van der Waals surface area contributed by atoms with Crippen molar-refractivity contribution < 1.29 is 0 Å². The molecular weight excluding hydrogens is 350 g/mol. The van der Waals surface area contributed by atoms with Crippen molar-refractivity contribution in [3.8, 4) is 16.9 Å². The van der Waals surface area contributed by atoms with E-state index in [1.807, 2.05) is 36.1 Å². The summed E-state index contributed by atoms with van der Waals surface area (Å²) in [6, 6.07) is 10.8. The summed E-state index contributed by atoms with van der Waals surface area (Å²) in [5, 5.41) is 8.06. The van der Waals surface area contributed by atoms with Crippen LogP contribution in [-0.4, -0.2) is 45.9 Å². The maximum atomic E-state index is 6.15. The summed E-state index contributed by atoms with van der Waals surface area (Å²) < 4.78 is 2.04. The third kappa shape index (κ3) is 2.82. The van der Waals surface area contributed by atoms with E-state index in [0.29, 0.717) is 12.0 Å². The van der Waals surface area contributed by atoms with Crippen molar-refractivity contribution in [3.05, 3.63) is 47.8 Å². The van der Waals surface area contributed by atoms with Crippen LogP contribution in [0.15, 0.2) is 36.5 Å². The van der Waals surface area contributed by atoms with Crippen LogP contribution in [0.25, 0.3) is 16.9 Å². The van der Waals surface area contributed by atoms with Crippen LogP contribution >= 0.6 is 0 Å². The van der Waals surface area contributed by atoms with Gasteiger partial charge in [-0.05, 0) is 44.9 Å². The molecule has 3 aromatic rings. The lowest BCUT2D eigenvalue weighted by Crippen LogP contribution is -2.30. The average molecular weight is 375 g/mol. The van der Waals surface area contributed by atoms with Gasteiger partial charge in [-0.25, -0.2) is 9.67 Å². The van der Waals surface area contributed by atoms with Crippen molar-refractivity contribution in [1.82, 2.24) is 25.1 Å². The molecule has 1 saturated heterocycles. The first kappa shape index (κ1) is 17.2. The molecule has 28 heavy (non-hydrogen) atoms. The normalized spacial score (nSPS) is 18.6. The van der Waals surface area contributed by atoms with Gasteiger partial charge in [0.15, 0.2) is 0 Å². The Labute approximate surface area is 164 Å². The van der Waals surface area contributed by atoms with Crippen LogP contribution in [0.4, 0.5) is 11.8 Å². The number of benzene rings is 1. The molecule has 1 aliphatic heterocycles. The number of nitrogens with two attached hydrogens (primary N) is 1. The molecule has 3 heterocycles. The predicted molar refractivity (Wildman–Crippen MR) is 111 cm³/mol. The molecule has 1 aromatic carbocycles. The number of nitrogen functional groups attached to an aromatic ring is 1. The Bertz CT molecular complexity index is 995. The first-order valence-electron chi connectivity index (χ1n) is 9.96. The number of rotatable bonds is 3. The van der Waals surface area contributed by atoms with Crippen molar-refractivity contribution in [1.29, 1.82) is 0 Å². The number of anilines is 2. The van der Waals surface area contributed by atoms with Crippen molar-refractivity contribution in [2.24, 2.45) is 0 Å². The number of nitrogens with one attached hydrogen (secondary N) is 1. The quantitative estimate of drug-likeness (QED) is 0.730. The molecule has 0 amide bonds. The van der Waals surface area contributed by atoms with Crippen LogP contribution in [0.5, 0.6) is 0 Å². The molecule has 7 nitrogen and oxygen atoms in total. The SMILES string of the molecule is CN[C@@H]1CCN(c2nc(N)nc3c2CCCc2c-3cnn2-c2ccccc2)C1. The topological polar surface area (TPSA) is 84.9 Å². The Kier molecular flexibility index (Phi) is 4.24. The van der Waals surface area contributed by atoms with E-state index >= 15 is 0 Å². The Morgan fingerprint density at radius 2 is 2.00 bits per heavy atom. The average Bonchev–Trinajstić information content (AvgIpc) is 3.33. The third-order valence-corrected chi connectivity index (χ3v) is 5.86. The Balaban J connectivity index is 1.62. The minimum atomic E-state index is 0.335. The van der Waals surface area contributed by atoms with Gasteiger partial charge in [-0.15, -0.1) is 0 Å². The number of aromatic nitrogens is 4. The van der Waals surface area contributed by atoms with E-state index < -0.39 is 0 Å². The highest BCUT2D eigenvalue weighted by atomic mass is 15.3. The molecule has 2 aromatic heterocycles. The van der Waals surface area contributed by atoms with E-state index in [-0.39, 0.29) is 0 Å². The van der Waals surface area contributed by atoms with E-state index in [9.17, 15) is 0 Å². The minimum absolute atomic E-state index is 0.335. The smallest absolute Gasteiger partial charge is 0.222 e. The molecule has 0 bridgehead atoms. The number of para-hydroxylation sites is 1. The number of fused-ring (bicyclic) bond motifs is 3. The molecule has 3 N–H and O–H groups in total. The van der Waals surface area contributed by atoms with Gasteiger partial charge in [0.2, 0.25) is 5.95 Å². The summed E-state index contributed by atoms with van der Waals surface area (Å²) in [6.07, 6.45) is 6.01. The second kappa shape index (κ2) is 6.91. The van der Waals surface area contributed by atoms with E-state index in [1.165, 1.54) is 11.3 Å². The van der Waals surface area contributed by atoms with Crippen molar-refractivity contribution in [3.63, 3.8) is 0 Å². The van der Waals surface area contributed by atoms with Crippen molar-refractivity contribution in [2.45, 2.75) is 31.7 Å². The molecule has 144 valence electrons. The van der Waals surface area contributed by atoms with Gasteiger partial charge < -0.3 is 16.0 Å². The summed E-state index contributed by atoms with van der Waals surface area (Å²) in [5.74, 6) is 1.34. The molecular formula is C21H25N7. The van der Waals surface area contributed by atoms with Crippen molar-refractivity contribution in [2.75, 3.05) is 30.8 Å². The summed E-state index contributed by atoms with van der Waals surface area (Å²) in [6.45, 7) is 1.94. The highest BCUT2D eigenvalue weighted by Gasteiger charge is 2.29. The zero-order valence-electron chi connectivity index (χ0n) is 16.1. The molecule has 0 spiro atoms.